The minimum Gasteiger partial charge on any atom is -0.373 e. The predicted octanol–water partition coefficient (Wildman–Crippen LogP) is 2.66. The van der Waals surface area contributed by atoms with Gasteiger partial charge in [-0.15, -0.1) is 0 Å². The molecule has 2 aromatic rings. The molecule has 5 heterocycles. The summed E-state index contributed by atoms with van der Waals surface area (Å²) in [4.78, 5) is 16.9. The first-order valence-corrected chi connectivity index (χ1v) is 9.36. The van der Waals surface area contributed by atoms with Crippen LogP contribution in [0.2, 0.25) is 0 Å². The first kappa shape index (κ1) is 15.9. The van der Waals surface area contributed by atoms with E-state index in [0.717, 1.165) is 42.3 Å². The van der Waals surface area contributed by atoms with E-state index in [1.807, 2.05) is 11.2 Å². The van der Waals surface area contributed by atoms with Crippen molar-refractivity contribution in [2.24, 2.45) is 11.0 Å². The van der Waals surface area contributed by atoms with Crippen LogP contribution in [-0.2, 0) is 10.2 Å². The van der Waals surface area contributed by atoms with Gasteiger partial charge < -0.3 is 9.72 Å². The van der Waals surface area contributed by atoms with Gasteiger partial charge >= 0.3 is 0 Å². The zero-order chi connectivity index (χ0) is 17.9. The Morgan fingerprint density at radius 2 is 2.04 bits per heavy atom. The number of fused-ring (bicyclic) bond motifs is 4. The van der Waals surface area contributed by atoms with Crippen LogP contribution in [-0.4, -0.2) is 43.9 Å². The van der Waals surface area contributed by atoms with Gasteiger partial charge in [0, 0.05) is 35.6 Å². The van der Waals surface area contributed by atoms with Gasteiger partial charge in [0.2, 0.25) is 0 Å². The highest BCUT2D eigenvalue weighted by molar-refractivity contribution is 6.02. The van der Waals surface area contributed by atoms with Gasteiger partial charge in [-0.2, -0.15) is 5.10 Å². The van der Waals surface area contributed by atoms with Crippen molar-refractivity contribution in [1.82, 2.24) is 19.9 Å². The van der Waals surface area contributed by atoms with Gasteiger partial charge in [0.25, 0.3) is 0 Å². The Hall–Kier alpha value is -2.28. The van der Waals surface area contributed by atoms with Crippen LogP contribution in [0.25, 0.3) is 0 Å². The molecule has 4 unspecified atom stereocenters. The molecule has 0 aromatic carbocycles. The van der Waals surface area contributed by atoms with Crippen molar-refractivity contribution in [3.05, 3.63) is 36.3 Å². The monoisotopic (exact) mass is 352 g/mol. The first-order chi connectivity index (χ1) is 12.5. The van der Waals surface area contributed by atoms with Crippen molar-refractivity contribution in [1.29, 1.82) is 0 Å². The molecule has 2 bridgehead atoms. The smallest absolute Gasteiger partial charge is 0.167 e. The Morgan fingerprint density at radius 1 is 1.15 bits per heavy atom. The van der Waals surface area contributed by atoms with Gasteiger partial charge in [-0.25, -0.2) is 15.0 Å². The average molecular weight is 352 g/mol. The lowest BCUT2D eigenvalue weighted by Gasteiger charge is -2.35. The van der Waals surface area contributed by atoms with E-state index in [-0.39, 0.29) is 17.6 Å². The highest BCUT2D eigenvalue weighted by atomic mass is 16.5. The lowest BCUT2D eigenvalue weighted by molar-refractivity contribution is -0.0184. The van der Waals surface area contributed by atoms with Crippen LogP contribution in [0.4, 0.5) is 5.82 Å². The normalized spacial score (nSPS) is 30.4. The van der Waals surface area contributed by atoms with Crippen molar-refractivity contribution in [3.8, 4) is 0 Å². The maximum atomic E-state index is 6.21. The molecule has 0 amide bonds. The maximum absolute atomic E-state index is 6.21. The number of hydrogen-bond acceptors (Lipinski definition) is 6. The van der Waals surface area contributed by atoms with Gasteiger partial charge in [-0.1, -0.05) is 20.8 Å². The lowest BCUT2D eigenvalue weighted by atomic mass is 9.86. The Bertz CT molecular complexity index is 839. The van der Waals surface area contributed by atoms with Crippen molar-refractivity contribution in [2.75, 3.05) is 5.01 Å². The number of rotatable bonds is 2. The molecule has 136 valence electrons. The zero-order valence-corrected chi connectivity index (χ0v) is 15.4. The van der Waals surface area contributed by atoms with E-state index in [4.69, 9.17) is 9.84 Å². The third kappa shape index (κ3) is 2.45. The van der Waals surface area contributed by atoms with Gasteiger partial charge in [0.05, 0.1) is 24.4 Å². The summed E-state index contributed by atoms with van der Waals surface area (Å²) in [5, 5.41) is 6.97. The summed E-state index contributed by atoms with van der Waals surface area (Å²) in [5.74, 6) is 1.95. The second-order valence-electron chi connectivity index (χ2n) is 8.50. The largest absolute Gasteiger partial charge is 0.373 e. The molecular formula is C19H24N6O. The third-order valence-corrected chi connectivity index (χ3v) is 5.71. The van der Waals surface area contributed by atoms with Crippen molar-refractivity contribution < 1.29 is 4.74 Å². The maximum Gasteiger partial charge on any atom is 0.167 e. The molecule has 1 N–H and O–H groups in total. The van der Waals surface area contributed by atoms with E-state index in [0.29, 0.717) is 12.0 Å². The van der Waals surface area contributed by atoms with Gasteiger partial charge in [-0.3, -0.25) is 4.98 Å². The molecule has 0 radical (unpaired) electrons. The molecular weight excluding hydrogens is 328 g/mol. The highest BCUT2D eigenvalue weighted by Crippen LogP contribution is 2.44. The van der Waals surface area contributed by atoms with Crippen LogP contribution in [0.1, 0.15) is 51.6 Å². The Balaban J connectivity index is 1.57. The Labute approximate surface area is 152 Å². The van der Waals surface area contributed by atoms with Crippen LogP contribution in [0.3, 0.4) is 0 Å². The van der Waals surface area contributed by atoms with E-state index in [1.165, 1.54) is 0 Å². The molecule has 4 atom stereocenters. The SMILES string of the molecule is CC(C)(C)c1cnc(C2=NN(c3cnccn3)C3C4CCC(CC23)O4)[nH]1. The number of H-pyrrole nitrogens is 1. The van der Waals surface area contributed by atoms with E-state index in [2.05, 4.69) is 40.7 Å². The van der Waals surface area contributed by atoms with Crippen LogP contribution in [0, 0.1) is 5.92 Å². The predicted molar refractivity (Wildman–Crippen MR) is 98.1 cm³/mol. The van der Waals surface area contributed by atoms with Crippen molar-refractivity contribution in [2.45, 2.75) is 63.7 Å². The number of aromatic nitrogens is 4. The standard InChI is InChI=1S/C19H24N6O/c1-19(2,3)14-9-22-18(23-14)16-12-8-11-4-5-13(26-11)17(12)25(24-16)15-10-20-6-7-21-15/h6-7,9-13,17H,4-5,8H2,1-3H3,(H,22,23). The summed E-state index contributed by atoms with van der Waals surface area (Å²) in [6, 6.07) is 0.170. The lowest BCUT2D eigenvalue weighted by Crippen LogP contribution is -2.47. The number of ether oxygens (including phenoxy) is 1. The fourth-order valence-electron chi connectivity index (χ4n) is 4.37. The second kappa shape index (κ2) is 5.61. The Kier molecular flexibility index (Phi) is 3.44. The van der Waals surface area contributed by atoms with E-state index in [1.54, 1.807) is 18.6 Å². The van der Waals surface area contributed by atoms with Crippen LogP contribution in [0.15, 0.2) is 29.9 Å². The first-order valence-electron chi connectivity index (χ1n) is 9.36. The van der Waals surface area contributed by atoms with Gasteiger partial charge in [-0.05, 0) is 19.3 Å². The summed E-state index contributed by atoms with van der Waals surface area (Å²) in [7, 11) is 0. The van der Waals surface area contributed by atoms with Crippen LogP contribution < -0.4 is 5.01 Å². The molecule has 2 saturated heterocycles. The molecule has 7 nitrogen and oxygen atoms in total. The van der Waals surface area contributed by atoms with E-state index < -0.39 is 0 Å². The number of imidazole rings is 1. The topological polar surface area (TPSA) is 79.3 Å². The quantitative estimate of drug-likeness (QED) is 0.899. The van der Waals surface area contributed by atoms with Crippen LogP contribution in [0.5, 0.6) is 0 Å². The molecule has 0 spiro atoms. The molecule has 2 fully saturated rings. The van der Waals surface area contributed by atoms with Gasteiger partial charge in [0.1, 0.15) is 5.71 Å². The minimum atomic E-state index is 0.0309. The summed E-state index contributed by atoms with van der Waals surface area (Å²) < 4.78 is 6.21. The van der Waals surface area contributed by atoms with Crippen LogP contribution >= 0.6 is 0 Å². The molecule has 2 aromatic heterocycles. The molecule has 5 rings (SSSR count). The molecule has 3 aliphatic heterocycles. The number of nitrogens with zero attached hydrogens (tertiary/aromatic N) is 5. The molecule has 7 heteroatoms. The molecule has 26 heavy (non-hydrogen) atoms. The number of anilines is 1. The molecule has 0 aliphatic carbocycles. The zero-order valence-electron chi connectivity index (χ0n) is 15.4. The molecule has 3 aliphatic rings. The second-order valence-corrected chi connectivity index (χ2v) is 8.50. The van der Waals surface area contributed by atoms with Crippen molar-refractivity contribution in [3.63, 3.8) is 0 Å². The number of aromatic amines is 1. The van der Waals surface area contributed by atoms with Gasteiger partial charge in [0.15, 0.2) is 11.6 Å². The highest BCUT2D eigenvalue weighted by Gasteiger charge is 2.52. The number of hydrazone groups is 1. The minimum absolute atomic E-state index is 0.0309. The summed E-state index contributed by atoms with van der Waals surface area (Å²) in [5.41, 5.74) is 2.18. The number of hydrogen-bond donors (Lipinski definition) is 1. The van der Waals surface area contributed by atoms with E-state index in [9.17, 15) is 0 Å². The van der Waals surface area contributed by atoms with Crippen molar-refractivity contribution >= 4 is 11.5 Å². The summed E-state index contributed by atoms with van der Waals surface area (Å²) in [6.07, 6.45) is 10.8. The fourth-order valence-corrected chi connectivity index (χ4v) is 4.37. The Morgan fingerprint density at radius 3 is 2.77 bits per heavy atom. The third-order valence-electron chi connectivity index (χ3n) is 5.71. The van der Waals surface area contributed by atoms with E-state index >= 15 is 0 Å². The summed E-state index contributed by atoms with van der Waals surface area (Å²) >= 11 is 0. The average Bonchev–Trinajstić information content (AvgIpc) is 3.33. The number of nitrogens with one attached hydrogen (secondary N) is 1. The molecule has 0 saturated carbocycles. The fraction of sp³-hybridized carbons (Fsp3) is 0.579. The summed E-state index contributed by atoms with van der Waals surface area (Å²) in [6.45, 7) is 6.55.